The first-order chi connectivity index (χ1) is 6.70. The van der Waals surface area contributed by atoms with Gasteiger partial charge in [0.25, 0.3) is 0 Å². The topological polar surface area (TPSA) is 29.9 Å². The summed E-state index contributed by atoms with van der Waals surface area (Å²) in [5, 5.41) is 7.66. The van der Waals surface area contributed by atoms with E-state index < -0.39 is 0 Å². The molecule has 1 rings (SSSR count). The lowest BCUT2D eigenvalue weighted by atomic mass is 10.3. The van der Waals surface area contributed by atoms with E-state index in [9.17, 15) is 0 Å². The minimum atomic E-state index is 0.599. The van der Waals surface area contributed by atoms with Crippen LogP contribution in [0.2, 0.25) is 0 Å². The Hall–Kier alpha value is -0.830. The average Bonchev–Trinajstić information content (AvgIpc) is 2.51. The zero-order valence-electron chi connectivity index (χ0n) is 9.45. The molecule has 3 heteroatoms. The van der Waals surface area contributed by atoms with Gasteiger partial charge in [-0.05, 0) is 32.4 Å². The van der Waals surface area contributed by atoms with Crippen molar-refractivity contribution in [1.29, 1.82) is 0 Å². The molecule has 0 amide bonds. The lowest BCUT2D eigenvalue weighted by Gasteiger charge is -2.08. The SMILES string of the molecule is Cc1ccnn1CCCCNC(C)C. The van der Waals surface area contributed by atoms with Crippen LogP contribution in [0.15, 0.2) is 12.3 Å². The van der Waals surface area contributed by atoms with Crippen molar-refractivity contribution < 1.29 is 0 Å². The van der Waals surface area contributed by atoms with Crippen molar-refractivity contribution in [3.05, 3.63) is 18.0 Å². The molecule has 1 aromatic rings. The first-order valence-electron chi connectivity index (χ1n) is 5.42. The van der Waals surface area contributed by atoms with Gasteiger partial charge in [0.1, 0.15) is 0 Å². The number of aryl methyl sites for hydroxylation is 2. The molecule has 3 nitrogen and oxygen atoms in total. The molecule has 14 heavy (non-hydrogen) atoms. The second-order valence-electron chi connectivity index (χ2n) is 4.01. The normalized spacial score (nSPS) is 11.1. The highest BCUT2D eigenvalue weighted by Crippen LogP contribution is 1.99. The lowest BCUT2D eigenvalue weighted by molar-refractivity contribution is 0.507. The van der Waals surface area contributed by atoms with Gasteiger partial charge in [0, 0.05) is 24.5 Å². The third-order valence-corrected chi connectivity index (χ3v) is 2.28. The summed E-state index contributed by atoms with van der Waals surface area (Å²) in [6, 6.07) is 2.65. The summed E-state index contributed by atoms with van der Waals surface area (Å²) in [4.78, 5) is 0. The molecule has 1 heterocycles. The summed E-state index contributed by atoms with van der Waals surface area (Å²) < 4.78 is 2.06. The standard InChI is InChI=1S/C11H21N3/c1-10(2)12-7-4-5-9-14-11(3)6-8-13-14/h6,8,10,12H,4-5,7,9H2,1-3H3. The molecule has 1 aromatic heterocycles. The van der Waals surface area contributed by atoms with Crippen LogP contribution in [0, 0.1) is 6.92 Å². The summed E-state index contributed by atoms with van der Waals surface area (Å²) >= 11 is 0. The number of hydrogen-bond acceptors (Lipinski definition) is 2. The second-order valence-corrected chi connectivity index (χ2v) is 4.01. The number of aromatic nitrogens is 2. The van der Waals surface area contributed by atoms with Crippen LogP contribution in [-0.2, 0) is 6.54 Å². The quantitative estimate of drug-likeness (QED) is 0.703. The van der Waals surface area contributed by atoms with Gasteiger partial charge in [-0.2, -0.15) is 5.10 Å². The van der Waals surface area contributed by atoms with Crippen LogP contribution in [0.1, 0.15) is 32.4 Å². The molecule has 0 saturated carbocycles. The van der Waals surface area contributed by atoms with E-state index in [1.807, 2.05) is 12.3 Å². The number of nitrogens with zero attached hydrogens (tertiary/aromatic N) is 2. The Bertz CT molecular complexity index is 253. The Labute approximate surface area is 86.5 Å². The first kappa shape index (κ1) is 11.2. The third-order valence-electron chi connectivity index (χ3n) is 2.28. The highest BCUT2D eigenvalue weighted by Gasteiger charge is 1.96. The van der Waals surface area contributed by atoms with Crippen molar-refractivity contribution in [3.63, 3.8) is 0 Å². The van der Waals surface area contributed by atoms with Gasteiger partial charge in [0.15, 0.2) is 0 Å². The van der Waals surface area contributed by atoms with E-state index >= 15 is 0 Å². The Balaban J connectivity index is 2.08. The molecule has 0 aromatic carbocycles. The molecule has 0 spiro atoms. The number of hydrogen-bond donors (Lipinski definition) is 1. The van der Waals surface area contributed by atoms with Gasteiger partial charge in [0.2, 0.25) is 0 Å². The fourth-order valence-corrected chi connectivity index (χ4v) is 1.41. The fraction of sp³-hybridized carbons (Fsp3) is 0.727. The average molecular weight is 195 g/mol. The Morgan fingerprint density at radius 3 is 2.79 bits per heavy atom. The molecule has 0 aliphatic rings. The smallest absolute Gasteiger partial charge is 0.0492 e. The highest BCUT2D eigenvalue weighted by atomic mass is 15.3. The second kappa shape index (κ2) is 5.81. The van der Waals surface area contributed by atoms with Crippen LogP contribution in [0.3, 0.4) is 0 Å². The van der Waals surface area contributed by atoms with Crippen molar-refractivity contribution in [3.8, 4) is 0 Å². The lowest BCUT2D eigenvalue weighted by Crippen LogP contribution is -2.23. The van der Waals surface area contributed by atoms with Crippen LogP contribution in [0.4, 0.5) is 0 Å². The van der Waals surface area contributed by atoms with Crippen molar-refractivity contribution in [1.82, 2.24) is 15.1 Å². The van der Waals surface area contributed by atoms with Crippen LogP contribution >= 0.6 is 0 Å². The molecule has 1 N–H and O–H groups in total. The maximum Gasteiger partial charge on any atom is 0.0492 e. The molecular weight excluding hydrogens is 174 g/mol. The van der Waals surface area contributed by atoms with Crippen LogP contribution in [-0.4, -0.2) is 22.4 Å². The van der Waals surface area contributed by atoms with Crippen LogP contribution in [0.25, 0.3) is 0 Å². The Morgan fingerprint density at radius 1 is 1.43 bits per heavy atom. The van der Waals surface area contributed by atoms with E-state index in [4.69, 9.17) is 0 Å². The zero-order chi connectivity index (χ0) is 10.4. The third kappa shape index (κ3) is 3.92. The van der Waals surface area contributed by atoms with E-state index in [1.54, 1.807) is 0 Å². The maximum atomic E-state index is 4.24. The molecule has 80 valence electrons. The van der Waals surface area contributed by atoms with Gasteiger partial charge in [-0.15, -0.1) is 0 Å². The van der Waals surface area contributed by atoms with Gasteiger partial charge < -0.3 is 5.32 Å². The Morgan fingerprint density at radius 2 is 2.21 bits per heavy atom. The predicted octanol–water partition coefficient (Wildman–Crippen LogP) is 1.97. The number of nitrogens with one attached hydrogen (secondary N) is 1. The molecule has 0 aliphatic carbocycles. The van der Waals surface area contributed by atoms with Crippen molar-refractivity contribution in [2.45, 2.75) is 46.2 Å². The van der Waals surface area contributed by atoms with E-state index in [0.29, 0.717) is 6.04 Å². The molecule has 0 bridgehead atoms. The van der Waals surface area contributed by atoms with E-state index in [1.165, 1.54) is 18.5 Å². The molecule has 0 atom stereocenters. The summed E-state index contributed by atoms with van der Waals surface area (Å²) in [5.74, 6) is 0. The fourth-order valence-electron chi connectivity index (χ4n) is 1.41. The van der Waals surface area contributed by atoms with Crippen molar-refractivity contribution >= 4 is 0 Å². The number of unbranched alkanes of at least 4 members (excludes halogenated alkanes) is 1. The van der Waals surface area contributed by atoms with E-state index in [2.05, 4.69) is 35.9 Å². The van der Waals surface area contributed by atoms with Gasteiger partial charge in [-0.3, -0.25) is 4.68 Å². The summed E-state index contributed by atoms with van der Waals surface area (Å²) in [5.41, 5.74) is 1.25. The molecular formula is C11H21N3. The predicted molar refractivity (Wildman–Crippen MR) is 59.3 cm³/mol. The summed E-state index contributed by atoms with van der Waals surface area (Å²) in [7, 11) is 0. The first-order valence-corrected chi connectivity index (χ1v) is 5.42. The molecule has 0 fully saturated rings. The van der Waals surface area contributed by atoms with Crippen molar-refractivity contribution in [2.75, 3.05) is 6.54 Å². The van der Waals surface area contributed by atoms with E-state index in [-0.39, 0.29) is 0 Å². The van der Waals surface area contributed by atoms with Gasteiger partial charge >= 0.3 is 0 Å². The monoisotopic (exact) mass is 195 g/mol. The Kier molecular flexibility index (Phi) is 4.66. The molecule has 0 radical (unpaired) electrons. The van der Waals surface area contributed by atoms with Crippen LogP contribution < -0.4 is 5.32 Å². The summed E-state index contributed by atoms with van der Waals surface area (Å²) in [6.45, 7) is 8.60. The van der Waals surface area contributed by atoms with Gasteiger partial charge in [-0.25, -0.2) is 0 Å². The highest BCUT2D eigenvalue weighted by molar-refractivity contribution is 4.96. The van der Waals surface area contributed by atoms with Crippen LogP contribution in [0.5, 0.6) is 0 Å². The molecule has 0 saturated heterocycles. The minimum absolute atomic E-state index is 0.599. The zero-order valence-corrected chi connectivity index (χ0v) is 9.45. The van der Waals surface area contributed by atoms with Gasteiger partial charge in [-0.1, -0.05) is 13.8 Å². The number of rotatable bonds is 6. The summed E-state index contributed by atoms with van der Waals surface area (Å²) in [6.07, 6.45) is 4.28. The minimum Gasteiger partial charge on any atom is -0.315 e. The van der Waals surface area contributed by atoms with Gasteiger partial charge in [0.05, 0.1) is 0 Å². The largest absolute Gasteiger partial charge is 0.315 e. The molecule has 0 unspecified atom stereocenters. The van der Waals surface area contributed by atoms with E-state index in [0.717, 1.165) is 13.1 Å². The molecule has 0 aliphatic heterocycles. The maximum absolute atomic E-state index is 4.24. The van der Waals surface area contributed by atoms with Crippen molar-refractivity contribution in [2.24, 2.45) is 0 Å².